The Morgan fingerprint density at radius 1 is 1.35 bits per heavy atom. The number of nitro groups is 1. The number of carbonyl (C=O) groups is 1. The second kappa shape index (κ2) is 7.28. The van der Waals surface area contributed by atoms with Crippen LogP contribution in [0.5, 0.6) is 11.5 Å². The molecule has 2 N–H and O–H groups in total. The minimum atomic E-state index is -0.595. The fourth-order valence-electron chi connectivity index (χ4n) is 2.73. The van der Waals surface area contributed by atoms with Crippen LogP contribution >= 0.6 is 0 Å². The van der Waals surface area contributed by atoms with Crippen molar-refractivity contribution in [3.8, 4) is 11.5 Å². The van der Waals surface area contributed by atoms with E-state index in [0.29, 0.717) is 6.04 Å². The van der Waals surface area contributed by atoms with E-state index in [0.717, 1.165) is 19.4 Å². The van der Waals surface area contributed by atoms with Crippen molar-refractivity contribution in [2.24, 2.45) is 0 Å². The number of nitrogens with zero attached hydrogens (tertiary/aromatic N) is 1. The number of ether oxygens (including phenoxy) is 2. The summed E-state index contributed by atoms with van der Waals surface area (Å²) in [5.41, 5.74) is -0.332. The monoisotopic (exact) mass is 323 g/mol. The number of benzene rings is 1. The number of hydrogen-bond donors (Lipinski definition) is 2. The van der Waals surface area contributed by atoms with E-state index in [-0.39, 0.29) is 28.8 Å². The predicted octanol–water partition coefficient (Wildman–Crippen LogP) is 1.48. The van der Waals surface area contributed by atoms with Gasteiger partial charge in [0.1, 0.15) is 5.56 Å². The molecule has 126 valence electrons. The fourth-order valence-corrected chi connectivity index (χ4v) is 2.73. The average molecular weight is 323 g/mol. The first-order valence-corrected chi connectivity index (χ1v) is 7.41. The lowest BCUT2D eigenvalue weighted by atomic mass is 10.00. The van der Waals surface area contributed by atoms with Gasteiger partial charge in [0, 0.05) is 18.2 Å². The first kappa shape index (κ1) is 17.0. The number of carbonyl (C=O) groups excluding carboxylic acids is 1. The molecule has 2 atom stereocenters. The van der Waals surface area contributed by atoms with Crippen LogP contribution in [-0.2, 0) is 0 Å². The summed E-state index contributed by atoms with van der Waals surface area (Å²) < 4.78 is 10.2. The molecule has 1 aliphatic heterocycles. The van der Waals surface area contributed by atoms with Crippen molar-refractivity contribution < 1.29 is 19.2 Å². The maximum atomic E-state index is 12.5. The summed E-state index contributed by atoms with van der Waals surface area (Å²) in [6.07, 6.45) is 1.57. The van der Waals surface area contributed by atoms with E-state index in [2.05, 4.69) is 10.6 Å². The van der Waals surface area contributed by atoms with Crippen molar-refractivity contribution in [1.29, 1.82) is 0 Å². The van der Waals surface area contributed by atoms with Crippen molar-refractivity contribution >= 4 is 11.6 Å². The Hall–Kier alpha value is -2.35. The summed E-state index contributed by atoms with van der Waals surface area (Å²) in [6, 6.07) is 2.84. The van der Waals surface area contributed by atoms with Gasteiger partial charge in [-0.05, 0) is 26.3 Å². The topological polar surface area (TPSA) is 103 Å². The Morgan fingerprint density at radius 2 is 2.00 bits per heavy atom. The molecule has 23 heavy (non-hydrogen) atoms. The standard InChI is InChI=1S/C15H21N3O5/c1-9-6-10(4-5-16-9)17-15(19)11-7-13(22-2)14(23-3)8-12(11)18(20)21/h7-10,16H,4-6H2,1-3H3,(H,17,19). The summed E-state index contributed by atoms with van der Waals surface area (Å²) in [4.78, 5) is 23.1. The molecule has 2 unspecified atom stereocenters. The fraction of sp³-hybridized carbons (Fsp3) is 0.533. The third kappa shape index (κ3) is 3.89. The molecular weight excluding hydrogens is 302 g/mol. The molecule has 0 spiro atoms. The van der Waals surface area contributed by atoms with Gasteiger partial charge < -0.3 is 20.1 Å². The van der Waals surface area contributed by atoms with Crippen LogP contribution in [0.3, 0.4) is 0 Å². The van der Waals surface area contributed by atoms with E-state index in [4.69, 9.17) is 9.47 Å². The number of nitrogens with one attached hydrogen (secondary N) is 2. The van der Waals surface area contributed by atoms with Crippen molar-refractivity contribution in [3.63, 3.8) is 0 Å². The predicted molar refractivity (Wildman–Crippen MR) is 84.2 cm³/mol. The SMILES string of the molecule is COc1cc(C(=O)NC2CCNC(C)C2)c([N+](=O)[O-])cc1OC. The maximum Gasteiger partial charge on any atom is 0.286 e. The van der Waals surface area contributed by atoms with E-state index >= 15 is 0 Å². The number of methoxy groups -OCH3 is 2. The highest BCUT2D eigenvalue weighted by Crippen LogP contribution is 2.34. The van der Waals surface area contributed by atoms with Crippen molar-refractivity contribution in [3.05, 3.63) is 27.8 Å². The van der Waals surface area contributed by atoms with E-state index in [1.54, 1.807) is 0 Å². The highest BCUT2D eigenvalue weighted by molar-refractivity contribution is 5.99. The van der Waals surface area contributed by atoms with Crippen LogP contribution in [0.4, 0.5) is 5.69 Å². The third-order valence-electron chi connectivity index (χ3n) is 3.90. The van der Waals surface area contributed by atoms with E-state index in [1.807, 2.05) is 6.92 Å². The molecule has 0 aliphatic carbocycles. The zero-order valence-corrected chi connectivity index (χ0v) is 13.4. The van der Waals surface area contributed by atoms with Gasteiger partial charge >= 0.3 is 0 Å². The van der Waals surface area contributed by atoms with Crippen molar-refractivity contribution in [2.75, 3.05) is 20.8 Å². The van der Waals surface area contributed by atoms with E-state index in [9.17, 15) is 14.9 Å². The van der Waals surface area contributed by atoms with Crippen LogP contribution < -0.4 is 20.1 Å². The van der Waals surface area contributed by atoms with Gasteiger partial charge in [-0.2, -0.15) is 0 Å². The number of nitro benzene ring substituents is 1. The molecule has 0 saturated carbocycles. The van der Waals surface area contributed by atoms with Gasteiger partial charge in [-0.3, -0.25) is 14.9 Å². The Bertz CT molecular complexity index is 605. The van der Waals surface area contributed by atoms with Gasteiger partial charge in [-0.25, -0.2) is 0 Å². The number of hydrogen-bond acceptors (Lipinski definition) is 6. The number of rotatable bonds is 5. The van der Waals surface area contributed by atoms with Crippen LogP contribution in [0.1, 0.15) is 30.1 Å². The van der Waals surface area contributed by atoms with Crippen LogP contribution in [0, 0.1) is 10.1 Å². The third-order valence-corrected chi connectivity index (χ3v) is 3.90. The summed E-state index contributed by atoms with van der Waals surface area (Å²) in [5, 5.41) is 17.4. The van der Waals surface area contributed by atoms with Gasteiger partial charge in [-0.15, -0.1) is 0 Å². The molecule has 0 radical (unpaired) electrons. The van der Waals surface area contributed by atoms with Gasteiger partial charge in [-0.1, -0.05) is 0 Å². The summed E-state index contributed by atoms with van der Waals surface area (Å²) in [6.45, 7) is 2.84. The molecule has 8 nitrogen and oxygen atoms in total. The highest BCUT2D eigenvalue weighted by Gasteiger charge is 2.27. The zero-order chi connectivity index (χ0) is 17.0. The number of piperidine rings is 1. The number of amides is 1. The smallest absolute Gasteiger partial charge is 0.286 e. The lowest BCUT2D eigenvalue weighted by molar-refractivity contribution is -0.385. The Labute approximate surface area is 134 Å². The maximum absolute atomic E-state index is 12.5. The van der Waals surface area contributed by atoms with Crippen LogP contribution in [0.2, 0.25) is 0 Å². The molecule has 1 amide bonds. The first-order chi connectivity index (χ1) is 11.0. The Morgan fingerprint density at radius 3 is 2.57 bits per heavy atom. The molecule has 1 aromatic carbocycles. The minimum absolute atomic E-state index is 0.00792. The lowest BCUT2D eigenvalue weighted by Gasteiger charge is -2.28. The lowest BCUT2D eigenvalue weighted by Crippen LogP contribution is -2.46. The molecular formula is C15H21N3O5. The van der Waals surface area contributed by atoms with Gasteiger partial charge in [0.05, 0.1) is 25.2 Å². The molecule has 1 aromatic rings. The van der Waals surface area contributed by atoms with Gasteiger partial charge in [0.2, 0.25) is 0 Å². The van der Waals surface area contributed by atoms with Gasteiger partial charge in [0.15, 0.2) is 11.5 Å². The average Bonchev–Trinajstić information content (AvgIpc) is 2.53. The van der Waals surface area contributed by atoms with Gasteiger partial charge in [0.25, 0.3) is 11.6 Å². The van der Waals surface area contributed by atoms with Crippen molar-refractivity contribution in [2.45, 2.75) is 31.8 Å². The normalized spacial score (nSPS) is 20.7. The highest BCUT2D eigenvalue weighted by atomic mass is 16.6. The van der Waals surface area contributed by atoms with E-state index < -0.39 is 10.8 Å². The molecule has 0 bridgehead atoms. The van der Waals surface area contributed by atoms with Crippen LogP contribution in [-0.4, -0.2) is 43.7 Å². The molecule has 1 fully saturated rings. The molecule has 1 aliphatic rings. The van der Waals surface area contributed by atoms with Crippen LogP contribution in [0.15, 0.2) is 12.1 Å². The molecule has 1 saturated heterocycles. The molecule has 1 heterocycles. The zero-order valence-electron chi connectivity index (χ0n) is 13.4. The van der Waals surface area contributed by atoms with E-state index in [1.165, 1.54) is 26.4 Å². The molecule has 8 heteroatoms. The van der Waals surface area contributed by atoms with Crippen molar-refractivity contribution in [1.82, 2.24) is 10.6 Å². The largest absolute Gasteiger partial charge is 0.493 e. The summed E-state index contributed by atoms with van der Waals surface area (Å²) >= 11 is 0. The second-order valence-corrected chi connectivity index (χ2v) is 5.53. The Balaban J connectivity index is 2.29. The molecule has 0 aromatic heterocycles. The minimum Gasteiger partial charge on any atom is -0.493 e. The first-order valence-electron chi connectivity index (χ1n) is 7.41. The summed E-state index contributed by atoms with van der Waals surface area (Å²) in [7, 11) is 2.80. The second-order valence-electron chi connectivity index (χ2n) is 5.53. The van der Waals surface area contributed by atoms with Crippen LogP contribution in [0.25, 0.3) is 0 Å². The summed E-state index contributed by atoms with van der Waals surface area (Å²) in [5.74, 6) is 0.0184. The Kier molecular flexibility index (Phi) is 5.38. The molecule has 2 rings (SSSR count). The quantitative estimate of drug-likeness (QED) is 0.628.